The molecule has 0 aromatic heterocycles. The van der Waals surface area contributed by atoms with Crippen LogP contribution in [0.2, 0.25) is 0 Å². The molecule has 3 nitrogen and oxygen atoms in total. The third-order valence-electron chi connectivity index (χ3n) is 1.77. The van der Waals surface area contributed by atoms with E-state index in [4.69, 9.17) is 11.5 Å². The predicted octanol–water partition coefficient (Wildman–Crippen LogP) is 1.97. The molecular weight excluding hydrogens is 245 g/mol. The van der Waals surface area contributed by atoms with Gasteiger partial charge in [0.1, 0.15) is 5.75 Å². The molecule has 16 heavy (non-hydrogen) atoms. The summed E-state index contributed by atoms with van der Waals surface area (Å²) in [6.07, 6.45) is -4.69. The molecule has 4 N–H and O–H groups in total. The Hall–Kier alpha value is -0.980. The number of ether oxygens (including phenoxy) is 1. The SMILES string of the molecule is Cl.NC[C@@H](N)c1cccc(OC(F)(F)F)c1. The molecule has 0 unspecified atom stereocenters. The Balaban J connectivity index is 0.00000225. The summed E-state index contributed by atoms with van der Waals surface area (Å²) in [5, 5.41) is 0. The van der Waals surface area contributed by atoms with Crippen LogP contribution in [-0.2, 0) is 0 Å². The fourth-order valence-electron chi connectivity index (χ4n) is 1.08. The Morgan fingerprint density at radius 1 is 1.31 bits per heavy atom. The van der Waals surface area contributed by atoms with Crippen molar-refractivity contribution in [3.8, 4) is 5.75 Å². The summed E-state index contributed by atoms with van der Waals surface area (Å²) in [5.74, 6) is -0.288. The first kappa shape index (κ1) is 15.0. The zero-order valence-electron chi connectivity index (χ0n) is 8.20. The molecule has 1 rings (SSSR count). The Morgan fingerprint density at radius 2 is 1.94 bits per heavy atom. The molecule has 92 valence electrons. The van der Waals surface area contributed by atoms with E-state index in [2.05, 4.69) is 4.74 Å². The van der Waals surface area contributed by atoms with Gasteiger partial charge in [-0.1, -0.05) is 12.1 Å². The van der Waals surface area contributed by atoms with Crippen LogP contribution in [0.1, 0.15) is 11.6 Å². The first-order valence-corrected chi connectivity index (χ1v) is 4.24. The van der Waals surface area contributed by atoms with Crippen LogP contribution in [0.25, 0.3) is 0 Å². The van der Waals surface area contributed by atoms with Crippen molar-refractivity contribution in [2.24, 2.45) is 11.5 Å². The number of hydrogen-bond acceptors (Lipinski definition) is 3. The number of benzene rings is 1. The highest BCUT2D eigenvalue weighted by Crippen LogP contribution is 2.24. The van der Waals surface area contributed by atoms with E-state index in [1.54, 1.807) is 6.07 Å². The molecule has 0 saturated heterocycles. The fraction of sp³-hybridized carbons (Fsp3) is 0.333. The lowest BCUT2D eigenvalue weighted by Gasteiger charge is -2.12. The average Bonchev–Trinajstić information content (AvgIpc) is 2.14. The number of rotatable bonds is 3. The number of alkyl halides is 3. The standard InChI is InChI=1S/C9H11F3N2O.ClH/c10-9(11,12)15-7-3-1-2-6(4-7)8(14)5-13;/h1-4,8H,5,13-14H2;1H/t8-;/m1./s1. The zero-order valence-corrected chi connectivity index (χ0v) is 9.02. The molecule has 0 bridgehead atoms. The minimum absolute atomic E-state index is 0. The quantitative estimate of drug-likeness (QED) is 0.869. The highest BCUT2D eigenvalue weighted by atomic mass is 35.5. The second kappa shape index (κ2) is 5.93. The van der Waals surface area contributed by atoms with Gasteiger partial charge in [0.25, 0.3) is 0 Å². The van der Waals surface area contributed by atoms with Crippen molar-refractivity contribution in [2.75, 3.05) is 6.54 Å². The Kier molecular flexibility index (Phi) is 5.57. The maximum atomic E-state index is 11.9. The van der Waals surface area contributed by atoms with Crippen LogP contribution in [0.5, 0.6) is 5.75 Å². The van der Waals surface area contributed by atoms with Crippen molar-refractivity contribution in [2.45, 2.75) is 12.4 Å². The van der Waals surface area contributed by atoms with Gasteiger partial charge in [0.2, 0.25) is 0 Å². The molecular formula is C9H12ClF3N2O. The van der Waals surface area contributed by atoms with Gasteiger partial charge in [-0.05, 0) is 17.7 Å². The third kappa shape index (κ3) is 4.69. The highest BCUT2D eigenvalue weighted by Gasteiger charge is 2.31. The third-order valence-corrected chi connectivity index (χ3v) is 1.77. The van der Waals surface area contributed by atoms with Crippen molar-refractivity contribution in [3.63, 3.8) is 0 Å². The van der Waals surface area contributed by atoms with Crippen molar-refractivity contribution in [1.29, 1.82) is 0 Å². The molecule has 0 radical (unpaired) electrons. The maximum absolute atomic E-state index is 11.9. The van der Waals surface area contributed by atoms with Crippen LogP contribution >= 0.6 is 12.4 Å². The van der Waals surface area contributed by atoms with E-state index in [0.717, 1.165) is 0 Å². The van der Waals surface area contributed by atoms with E-state index in [1.165, 1.54) is 18.2 Å². The normalized spacial score (nSPS) is 12.8. The predicted molar refractivity (Wildman–Crippen MR) is 56.4 cm³/mol. The van der Waals surface area contributed by atoms with Crippen molar-refractivity contribution < 1.29 is 17.9 Å². The molecule has 7 heteroatoms. The summed E-state index contributed by atoms with van der Waals surface area (Å²) in [6, 6.07) is 4.99. The molecule has 0 spiro atoms. The summed E-state index contributed by atoms with van der Waals surface area (Å²) in [5.41, 5.74) is 11.4. The van der Waals surface area contributed by atoms with Crippen molar-refractivity contribution in [3.05, 3.63) is 29.8 Å². The summed E-state index contributed by atoms with van der Waals surface area (Å²) in [7, 11) is 0. The lowest BCUT2D eigenvalue weighted by atomic mass is 10.1. The minimum atomic E-state index is -4.69. The average molecular weight is 257 g/mol. The van der Waals surface area contributed by atoms with Crippen LogP contribution in [0.15, 0.2) is 24.3 Å². The monoisotopic (exact) mass is 256 g/mol. The highest BCUT2D eigenvalue weighted by molar-refractivity contribution is 5.85. The van der Waals surface area contributed by atoms with Crippen LogP contribution in [0.4, 0.5) is 13.2 Å². The van der Waals surface area contributed by atoms with Crippen molar-refractivity contribution in [1.82, 2.24) is 0 Å². The Labute approximate surface area is 97.0 Å². The Morgan fingerprint density at radius 3 is 2.44 bits per heavy atom. The van der Waals surface area contributed by atoms with Gasteiger partial charge >= 0.3 is 6.36 Å². The van der Waals surface area contributed by atoms with E-state index in [0.29, 0.717) is 5.56 Å². The van der Waals surface area contributed by atoms with Gasteiger partial charge in [0.15, 0.2) is 0 Å². The van der Waals surface area contributed by atoms with Crippen LogP contribution in [-0.4, -0.2) is 12.9 Å². The molecule has 0 amide bonds. The van der Waals surface area contributed by atoms with E-state index in [1.807, 2.05) is 0 Å². The molecule has 1 aromatic rings. The first-order valence-electron chi connectivity index (χ1n) is 4.24. The number of halogens is 4. The molecule has 0 aliphatic carbocycles. The fourth-order valence-corrected chi connectivity index (χ4v) is 1.08. The van der Waals surface area contributed by atoms with E-state index in [9.17, 15) is 13.2 Å². The van der Waals surface area contributed by atoms with Gasteiger partial charge in [-0.15, -0.1) is 25.6 Å². The molecule has 0 heterocycles. The van der Waals surface area contributed by atoms with Gasteiger partial charge in [-0.3, -0.25) is 0 Å². The lowest BCUT2D eigenvalue weighted by Crippen LogP contribution is -2.21. The van der Waals surface area contributed by atoms with Gasteiger partial charge in [-0.2, -0.15) is 0 Å². The van der Waals surface area contributed by atoms with Gasteiger partial charge in [0, 0.05) is 12.6 Å². The largest absolute Gasteiger partial charge is 0.573 e. The molecule has 0 aliphatic heterocycles. The maximum Gasteiger partial charge on any atom is 0.573 e. The smallest absolute Gasteiger partial charge is 0.406 e. The first-order chi connectivity index (χ1) is 6.92. The van der Waals surface area contributed by atoms with E-state index >= 15 is 0 Å². The molecule has 1 aromatic carbocycles. The second-order valence-electron chi connectivity index (χ2n) is 2.96. The molecule has 0 fully saturated rings. The minimum Gasteiger partial charge on any atom is -0.406 e. The summed E-state index contributed by atoms with van der Waals surface area (Å²) < 4.78 is 39.4. The summed E-state index contributed by atoms with van der Waals surface area (Å²) in [6.45, 7) is 0.162. The number of hydrogen-bond donors (Lipinski definition) is 2. The Bertz CT molecular complexity index is 333. The summed E-state index contributed by atoms with van der Waals surface area (Å²) >= 11 is 0. The van der Waals surface area contributed by atoms with Crippen LogP contribution in [0.3, 0.4) is 0 Å². The van der Waals surface area contributed by atoms with Gasteiger partial charge < -0.3 is 16.2 Å². The second-order valence-corrected chi connectivity index (χ2v) is 2.96. The van der Waals surface area contributed by atoms with Gasteiger partial charge in [0.05, 0.1) is 0 Å². The van der Waals surface area contributed by atoms with Crippen LogP contribution in [0, 0.1) is 0 Å². The summed E-state index contributed by atoms with van der Waals surface area (Å²) in [4.78, 5) is 0. The topological polar surface area (TPSA) is 61.3 Å². The van der Waals surface area contributed by atoms with E-state index < -0.39 is 12.4 Å². The molecule has 0 aliphatic rings. The van der Waals surface area contributed by atoms with E-state index in [-0.39, 0.29) is 24.7 Å². The van der Waals surface area contributed by atoms with Crippen LogP contribution < -0.4 is 16.2 Å². The van der Waals surface area contributed by atoms with Crippen molar-refractivity contribution >= 4 is 12.4 Å². The number of nitrogens with two attached hydrogens (primary N) is 2. The zero-order chi connectivity index (χ0) is 11.5. The van der Waals surface area contributed by atoms with Gasteiger partial charge in [-0.25, -0.2) is 0 Å². The molecule has 1 atom stereocenters. The lowest BCUT2D eigenvalue weighted by molar-refractivity contribution is -0.274. The molecule has 0 saturated carbocycles.